The summed E-state index contributed by atoms with van der Waals surface area (Å²) in [5.41, 5.74) is 0. The van der Waals surface area contributed by atoms with Gasteiger partial charge in [-0.25, -0.2) is 0 Å². The van der Waals surface area contributed by atoms with Crippen molar-refractivity contribution in [2.75, 3.05) is 19.8 Å². The number of carbonyl (C=O) groups excluding carboxylic acids is 5. The van der Waals surface area contributed by atoms with Crippen LogP contribution in [-0.4, -0.2) is 131 Å². The molecule has 0 saturated carbocycles. The molecular weight excluding hydrogens is 720 g/mol. The first-order valence-electron chi connectivity index (χ1n) is 18.4. The van der Waals surface area contributed by atoms with E-state index in [0.717, 1.165) is 0 Å². The van der Waals surface area contributed by atoms with E-state index in [-0.39, 0.29) is 24.7 Å². The van der Waals surface area contributed by atoms with Gasteiger partial charge in [0.1, 0.15) is 44.1 Å². The molecular formula is C36H58O18. The predicted octanol–water partition coefficient (Wildman–Crippen LogP) is 1.41. The first-order chi connectivity index (χ1) is 25.2. The number of hydrogen-bond donors (Lipinski definition) is 4. The predicted molar refractivity (Wildman–Crippen MR) is 183 cm³/mol. The molecule has 2 aliphatic rings. The summed E-state index contributed by atoms with van der Waals surface area (Å²) in [6.07, 6.45) is -14.0. The standard InChI is InChI=1S/C36H58O18/c1-9-21(8)34(46)47-16-23-29(52-33(45)20(6)7)30(50-25(40)12-10-11-18(2)3)31(51-27(42)13-19(4)5)35(49-23)54-36(17-48-26(41)14-24(38)39)32(44)28(43)22(15-37)53-36/h18-23,28-32,35,37,43-44H,9-17H2,1-8H3,(H,38,39)/t21?,22-,23-,28-,29-,30+,31-,32+,35-,36+/m1/s1. The summed E-state index contributed by atoms with van der Waals surface area (Å²) < 4.78 is 46.1. The first kappa shape index (κ1) is 46.7. The number of rotatable bonds is 21. The van der Waals surface area contributed by atoms with Gasteiger partial charge in [0.05, 0.1) is 18.4 Å². The van der Waals surface area contributed by atoms with Crippen LogP contribution in [0.25, 0.3) is 0 Å². The summed E-state index contributed by atoms with van der Waals surface area (Å²) in [7, 11) is 0. The summed E-state index contributed by atoms with van der Waals surface area (Å²) >= 11 is 0. The molecule has 18 nitrogen and oxygen atoms in total. The van der Waals surface area contributed by atoms with Crippen LogP contribution in [0.3, 0.4) is 0 Å². The Bertz CT molecular complexity index is 1270. The van der Waals surface area contributed by atoms with E-state index >= 15 is 0 Å². The number of carbonyl (C=O) groups is 6. The highest BCUT2D eigenvalue weighted by Gasteiger charge is 2.61. The smallest absolute Gasteiger partial charge is 0.317 e. The maximum atomic E-state index is 13.4. The van der Waals surface area contributed by atoms with E-state index in [0.29, 0.717) is 19.3 Å². The third kappa shape index (κ3) is 13.7. The van der Waals surface area contributed by atoms with Crippen molar-refractivity contribution in [3.8, 4) is 0 Å². The van der Waals surface area contributed by atoms with E-state index in [2.05, 4.69) is 0 Å². The number of carboxylic acid groups (broad SMARTS) is 1. The average Bonchev–Trinajstić information content (AvgIpc) is 3.32. The van der Waals surface area contributed by atoms with Gasteiger partial charge in [0.15, 0.2) is 18.3 Å². The lowest BCUT2D eigenvalue weighted by molar-refractivity contribution is -0.384. The molecule has 18 heteroatoms. The molecule has 2 rings (SSSR count). The highest BCUT2D eigenvalue weighted by Crippen LogP contribution is 2.39. The van der Waals surface area contributed by atoms with E-state index in [1.165, 1.54) is 0 Å². The van der Waals surface area contributed by atoms with E-state index in [9.17, 15) is 44.1 Å². The van der Waals surface area contributed by atoms with Gasteiger partial charge >= 0.3 is 35.8 Å². The Morgan fingerprint density at radius 2 is 1.43 bits per heavy atom. The van der Waals surface area contributed by atoms with Crippen LogP contribution in [-0.2, 0) is 66.7 Å². The maximum absolute atomic E-state index is 13.4. The van der Waals surface area contributed by atoms with Crippen LogP contribution in [0.2, 0.25) is 0 Å². The first-order valence-corrected chi connectivity index (χ1v) is 18.4. The second-order valence-corrected chi connectivity index (χ2v) is 14.8. The third-order valence-electron chi connectivity index (χ3n) is 8.72. The van der Waals surface area contributed by atoms with Gasteiger partial charge in [-0.3, -0.25) is 28.8 Å². The number of ether oxygens (including phenoxy) is 8. The van der Waals surface area contributed by atoms with Crippen LogP contribution in [0, 0.1) is 23.7 Å². The number of hydrogen-bond acceptors (Lipinski definition) is 17. The van der Waals surface area contributed by atoms with Gasteiger partial charge < -0.3 is 58.3 Å². The molecule has 2 aliphatic heterocycles. The molecule has 0 aliphatic carbocycles. The van der Waals surface area contributed by atoms with Gasteiger partial charge in [0.25, 0.3) is 0 Å². The second-order valence-electron chi connectivity index (χ2n) is 14.8. The molecule has 2 heterocycles. The molecule has 0 spiro atoms. The largest absolute Gasteiger partial charge is 0.481 e. The minimum absolute atomic E-state index is 0.0953. The van der Waals surface area contributed by atoms with E-state index < -0.39 is 129 Å². The zero-order chi connectivity index (χ0) is 40.9. The van der Waals surface area contributed by atoms with Crippen LogP contribution < -0.4 is 0 Å². The monoisotopic (exact) mass is 778 g/mol. The van der Waals surface area contributed by atoms with Gasteiger partial charge in [0.2, 0.25) is 12.1 Å². The molecule has 0 bridgehead atoms. The fraction of sp³-hybridized carbons (Fsp3) is 0.833. The van der Waals surface area contributed by atoms with E-state index in [1.54, 1.807) is 41.5 Å². The zero-order valence-corrected chi connectivity index (χ0v) is 32.3. The minimum atomic E-state index is -2.63. The molecule has 1 unspecified atom stereocenters. The molecule has 54 heavy (non-hydrogen) atoms. The van der Waals surface area contributed by atoms with Gasteiger partial charge in [-0.15, -0.1) is 0 Å². The van der Waals surface area contributed by atoms with E-state index in [1.807, 2.05) is 13.8 Å². The Hall–Kier alpha value is -3.42. The second kappa shape index (κ2) is 21.6. The lowest BCUT2D eigenvalue weighted by atomic mass is 9.97. The Labute approximate surface area is 315 Å². The van der Waals surface area contributed by atoms with Gasteiger partial charge in [0, 0.05) is 12.8 Å². The molecule has 2 fully saturated rings. The van der Waals surface area contributed by atoms with Crippen molar-refractivity contribution in [3.63, 3.8) is 0 Å². The molecule has 2 saturated heterocycles. The minimum Gasteiger partial charge on any atom is -0.481 e. The van der Waals surface area contributed by atoms with Crippen LogP contribution >= 0.6 is 0 Å². The highest BCUT2D eigenvalue weighted by molar-refractivity contribution is 5.90. The summed E-state index contributed by atoms with van der Waals surface area (Å²) in [6.45, 7) is 11.3. The molecule has 0 aromatic carbocycles. The van der Waals surface area contributed by atoms with Gasteiger partial charge in [-0.2, -0.15) is 0 Å². The summed E-state index contributed by atoms with van der Waals surface area (Å²) in [4.78, 5) is 76.1. The fourth-order valence-corrected chi connectivity index (χ4v) is 5.46. The molecule has 4 N–H and O–H groups in total. The Balaban J connectivity index is 2.76. The lowest BCUT2D eigenvalue weighted by Crippen LogP contribution is -2.65. The molecule has 10 atom stereocenters. The number of aliphatic hydroxyl groups is 3. The summed E-state index contributed by atoms with van der Waals surface area (Å²) in [6, 6.07) is 0. The summed E-state index contributed by atoms with van der Waals surface area (Å²) in [5, 5.41) is 40.9. The van der Waals surface area contributed by atoms with Crippen molar-refractivity contribution in [2.45, 2.75) is 149 Å². The topological polar surface area (TPSA) is 257 Å². The number of aliphatic carboxylic acids is 1. The number of carboxylic acids is 1. The molecule has 0 amide bonds. The van der Waals surface area contributed by atoms with Crippen molar-refractivity contribution < 1.29 is 87.1 Å². The third-order valence-corrected chi connectivity index (χ3v) is 8.72. The van der Waals surface area contributed by atoms with Crippen LogP contribution in [0.15, 0.2) is 0 Å². The van der Waals surface area contributed by atoms with Crippen LogP contribution in [0.5, 0.6) is 0 Å². The van der Waals surface area contributed by atoms with E-state index in [4.69, 9.17) is 43.0 Å². The van der Waals surface area contributed by atoms with Crippen molar-refractivity contribution in [1.82, 2.24) is 0 Å². The number of aliphatic hydroxyl groups excluding tert-OH is 3. The zero-order valence-electron chi connectivity index (χ0n) is 32.3. The van der Waals surface area contributed by atoms with Crippen LogP contribution in [0.1, 0.15) is 93.9 Å². The van der Waals surface area contributed by atoms with Gasteiger partial charge in [-0.05, 0) is 24.7 Å². The van der Waals surface area contributed by atoms with Crippen LogP contribution in [0.4, 0.5) is 0 Å². The highest BCUT2D eigenvalue weighted by atomic mass is 16.8. The molecule has 0 radical (unpaired) electrons. The quantitative estimate of drug-likeness (QED) is 0.0729. The van der Waals surface area contributed by atoms with Crippen molar-refractivity contribution in [1.29, 1.82) is 0 Å². The molecule has 0 aromatic heterocycles. The Kier molecular flexibility index (Phi) is 18.7. The molecule has 310 valence electrons. The van der Waals surface area contributed by atoms with Crippen molar-refractivity contribution >= 4 is 35.8 Å². The fourth-order valence-electron chi connectivity index (χ4n) is 5.46. The average molecular weight is 779 g/mol. The summed E-state index contributed by atoms with van der Waals surface area (Å²) in [5.74, 6) is -9.76. The SMILES string of the molecule is CCC(C)C(=O)OC[C@H]1O[C@H](O[C@]2(COC(=O)CC(=O)O)O[C@H](CO)[C@@H](O)[C@@H]2O)[C@H](OC(=O)CC(C)C)[C@@H](OC(=O)CCCC(C)C)[C@@H]1OC(=O)C(C)C. The molecule has 0 aromatic rings. The Morgan fingerprint density at radius 1 is 0.778 bits per heavy atom. The van der Waals surface area contributed by atoms with Crippen molar-refractivity contribution in [3.05, 3.63) is 0 Å². The lowest BCUT2D eigenvalue weighted by Gasteiger charge is -2.46. The van der Waals surface area contributed by atoms with Gasteiger partial charge in [-0.1, -0.05) is 61.8 Å². The Morgan fingerprint density at radius 3 is 1.96 bits per heavy atom. The maximum Gasteiger partial charge on any atom is 0.317 e. The number of esters is 5. The normalized spacial score (nSPS) is 28.8. The van der Waals surface area contributed by atoms with Crippen molar-refractivity contribution in [2.24, 2.45) is 23.7 Å².